The second-order valence-corrected chi connectivity index (χ2v) is 3.93. The van der Waals surface area contributed by atoms with Crippen LogP contribution >= 0.6 is 0 Å². The maximum absolute atomic E-state index is 11.2. The number of aliphatic hydroxyl groups is 1. The van der Waals surface area contributed by atoms with Gasteiger partial charge in [0.2, 0.25) is 0 Å². The summed E-state index contributed by atoms with van der Waals surface area (Å²) in [6, 6.07) is -0.435. The molecule has 0 saturated heterocycles. The number of ether oxygens (including phenoxy) is 1. The molecule has 0 aliphatic carbocycles. The van der Waals surface area contributed by atoms with E-state index in [4.69, 9.17) is 16.3 Å². The fraction of sp³-hybridized carbons (Fsp3) is 0.700. The lowest BCUT2D eigenvalue weighted by molar-refractivity contribution is 0.0484. The highest BCUT2D eigenvalue weighted by Gasteiger charge is 2.18. The summed E-state index contributed by atoms with van der Waals surface area (Å²) in [6.07, 6.45) is 4.78. The smallest absolute Gasteiger partial charge is 0.407 e. The summed E-state index contributed by atoms with van der Waals surface area (Å²) in [5.74, 6) is 2.36. The molecule has 0 aliphatic rings. The second kappa shape index (κ2) is 5.51. The molecular formula is C10H17NO3. The van der Waals surface area contributed by atoms with Crippen LogP contribution in [0.2, 0.25) is 0 Å². The first-order chi connectivity index (χ1) is 6.39. The summed E-state index contributed by atoms with van der Waals surface area (Å²) in [6.45, 7) is 5.11. The minimum atomic E-state index is -0.563. The number of carbonyl (C=O) groups is 1. The number of nitrogens with one attached hydrogen (secondary N) is 1. The maximum atomic E-state index is 11.2. The van der Waals surface area contributed by atoms with Crippen molar-refractivity contribution in [1.82, 2.24) is 5.32 Å². The fourth-order valence-electron chi connectivity index (χ4n) is 0.778. The Morgan fingerprint density at radius 3 is 2.57 bits per heavy atom. The van der Waals surface area contributed by atoms with Crippen LogP contribution in [0.25, 0.3) is 0 Å². The molecule has 0 rings (SSSR count). The molecule has 0 spiro atoms. The second-order valence-electron chi connectivity index (χ2n) is 3.93. The van der Waals surface area contributed by atoms with Crippen LogP contribution in [-0.2, 0) is 4.74 Å². The van der Waals surface area contributed by atoms with Gasteiger partial charge < -0.3 is 15.2 Å². The van der Waals surface area contributed by atoms with Crippen LogP contribution in [0.3, 0.4) is 0 Å². The van der Waals surface area contributed by atoms with E-state index in [9.17, 15) is 4.79 Å². The Labute approximate surface area is 84.6 Å². The number of aliphatic hydroxyl groups excluding tert-OH is 1. The van der Waals surface area contributed by atoms with E-state index in [0.29, 0.717) is 0 Å². The van der Waals surface area contributed by atoms with Crippen molar-refractivity contribution in [2.45, 2.75) is 38.8 Å². The number of hydrogen-bond acceptors (Lipinski definition) is 3. The number of rotatable bonds is 3. The lowest BCUT2D eigenvalue weighted by Gasteiger charge is -2.21. The molecule has 0 radical (unpaired) electrons. The van der Waals surface area contributed by atoms with Crippen LogP contribution < -0.4 is 5.32 Å². The predicted molar refractivity (Wildman–Crippen MR) is 53.7 cm³/mol. The zero-order valence-corrected chi connectivity index (χ0v) is 8.83. The third kappa shape index (κ3) is 6.32. The third-order valence-electron chi connectivity index (χ3n) is 1.31. The fourth-order valence-corrected chi connectivity index (χ4v) is 0.778. The summed E-state index contributed by atoms with van der Waals surface area (Å²) < 4.78 is 4.99. The summed E-state index contributed by atoms with van der Waals surface area (Å²) in [5.41, 5.74) is -0.541. The van der Waals surface area contributed by atoms with Gasteiger partial charge in [0.15, 0.2) is 0 Å². The molecule has 4 heteroatoms. The molecule has 0 aromatic rings. The summed E-state index contributed by atoms with van der Waals surface area (Å²) in [7, 11) is 0. The van der Waals surface area contributed by atoms with E-state index >= 15 is 0 Å². The molecule has 4 nitrogen and oxygen atoms in total. The zero-order valence-electron chi connectivity index (χ0n) is 8.83. The van der Waals surface area contributed by atoms with Gasteiger partial charge in [-0.05, 0) is 20.8 Å². The van der Waals surface area contributed by atoms with Gasteiger partial charge in [0, 0.05) is 6.42 Å². The van der Waals surface area contributed by atoms with Crippen LogP contribution in [-0.4, -0.2) is 29.4 Å². The quantitative estimate of drug-likeness (QED) is 0.664. The summed E-state index contributed by atoms with van der Waals surface area (Å²) in [4.78, 5) is 11.2. The topological polar surface area (TPSA) is 58.6 Å². The number of amides is 1. The third-order valence-corrected chi connectivity index (χ3v) is 1.31. The van der Waals surface area contributed by atoms with E-state index in [2.05, 4.69) is 11.2 Å². The van der Waals surface area contributed by atoms with Crippen molar-refractivity contribution >= 4 is 6.09 Å². The van der Waals surface area contributed by atoms with E-state index in [1.54, 1.807) is 20.8 Å². The Kier molecular flexibility index (Phi) is 5.03. The molecule has 0 bridgehead atoms. The van der Waals surface area contributed by atoms with Crippen LogP contribution in [0.4, 0.5) is 4.79 Å². The molecule has 1 atom stereocenters. The van der Waals surface area contributed by atoms with Crippen LogP contribution in [0.15, 0.2) is 0 Å². The molecule has 0 aromatic carbocycles. The SMILES string of the molecule is C#CC[C@@H](CO)NC(=O)OC(C)(C)C. The maximum Gasteiger partial charge on any atom is 0.407 e. The van der Waals surface area contributed by atoms with Gasteiger partial charge in [-0.2, -0.15) is 0 Å². The van der Waals surface area contributed by atoms with Crippen molar-refractivity contribution in [2.75, 3.05) is 6.61 Å². The van der Waals surface area contributed by atoms with Gasteiger partial charge in [-0.25, -0.2) is 4.79 Å². The Morgan fingerprint density at radius 2 is 2.21 bits per heavy atom. The van der Waals surface area contributed by atoms with E-state index in [-0.39, 0.29) is 13.0 Å². The molecule has 0 saturated carbocycles. The Morgan fingerprint density at radius 1 is 1.64 bits per heavy atom. The average molecular weight is 199 g/mol. The number of hydrogen-bond donors (Lipinski definition) is 2. The molecule has 80 valence electrons. The Hall–Kier alpha value is -1.21. The number of carbonyl (C=O) groups excluding carboxylic acids is 1. The van der Waals surface area contributed by atoms with E-state index in [1.807, 2.05) is 0 Å². The highest BCUT2D eigenvalue weighted by molar-refractivity contribution is 5.68. The van der Waals surface area contributed by atoms with Crippen LogP contribution in [0, 0.1) is 12.3 Å². The normalized spacial score (nSPS) is 12.8. The molecule has 0 unspecified atom stereocenters. The number of alkyl carbamates (subject to hydrolysis) is 1. The molecule has 2 N–H and O–H groups in total. The van der Waals surface area contributed by atoms with Gasteiger partial charge in [0.1, 0.15) is 5.60 Å². The van der Waals surface area contributed by atoms with Gasteiger partial charge in [0.25, 0.3) is 0 Å². The van der Waals surface area contributed by atoms with Crippen molar-refractivity contribution in [3.05, 3.63) is 0 Å². The van der Waals surface area contributed by atoms with E-state index in [1.165, 1.54) is 0 Å². The molecule has 0 heterocycles. The van der Waals surface area contributed by atoms with Crippen LogP contribution in [0.5, 0.6) is 0 Å². The van der Waals surface area contributed by atoms with Crippen LogP contribution in [0.1, 0.15) is 27.2 Å². The van der Waals surface area contributed by atoms with Gasteiger partial charge in [-0.15, -0.1) is 12.3 Å². The minimum absolute atomic E-state index is 0.191. The average Bonchev–Trinajstić information content (AvgIpc) is 2.00. The van der Waals surface area contributed by atoms with Gasteiger partial charge >= 0.3 is 6.09 Å². The minimum Gasteiger partial charge on any atom is -0.444 e. The molecule has 1 amide bonds. The molecule has 14 heavy (non-hydrogen) atoms. The van der Waals surface area contributed by atoms with E-state index < -0.39 is 17.7 Å². The van der Waals surface area contributed by atoms with E-state index in [0.717, 1.165) is 0 Å². The Bertz CT molecular complexity index is 225. The predicted octanol–water partition coefficient (Wildman–Crippen LogP) is 0.895. The van der Waals surface area contributed by atoms with Crippen molar-refractivity contribution in [1.29, 1.82) is 0 Å². The first kappa shape index (κ1) is 12.8. The highest BCUT2D eigenvalue weighted by atomic mass is 16.6. The van der Waals surface area contributed by atoms with Crippen molar-refractivity contribution < 1.29 is 14.6 Å². The van der Waals surface area contributed by atoms with Gasteiger partial charge in [0.05, 0.1) is 12.6 Å². The molecular weight excluding hydrogens is 182 g/mol. The monoisotopic (exact) mass is 199 g/mol. The summed E-state index contributed by atoms with van der Waals surface area (Å²) in [5, 5.41) is 11.3. The lowest BCUT2D eigenvalue weighted by Crippen LogP contribution is -2.40. The zero-order chi connectivity index (χ0) is 11.2. The highest BCUT2D eigenvalue weighted by Crippen LogP contribution is 2.06. The van der Waals surface area contributed by atoms with Crippen molar-refractivity contribution in [3.63, 3.8) is 0 Å². The molecule has 0 aliphatic heterocycles. The van der Waals surface area contributed by atoms with Crippen molar-refractivity contribution in [3.8, 4) is 12.3 Å². The van der Waals surface area contributed by atoms with Crippen molar-refractivity contribution in [2.24, 2.45) is 0 Å². The number of terminal acetylenes is 1. The molecule has 0 fully saturated rings. The first-order valence-corrected chi connectivity index (χ1v) is 4.43. The van der Waals surface area contributed by atoms with Gasteiger partial charge in [-0.3, -0.25) is 0 Å². The Balaban J connectivity index is 3.98. The standard InChI is InChI=1S/C10H17NO3/c1-5-6-8(7-12)11-9(13)14-10(2,3)4/h1,8,12H,6-7H2,2-4H3,(H,11,13)/t8-/m0/s1. The van der Waals surface area contributed by atoms with Gasteiger partial charge in [-0.1, -0.05) is 0 Å². The largest absolute Gasteiger partial charge is 0.444 e. The first-order valence-electron chi connectivity index (χ1n) is 4.43. The summed E-state index contributed by atoms with van der Waals surface area (Å²) >= 11 is 0. The lowest BCUT2D eigenvalue weighted by atomic mass is 10.2. The molecule has 0 aromatic heterocycles.